The molecule has 2 aromatic rings. The van der Waals surface area contributed by atoms with Gasteiger partial charge >= 0.3 is 11.4 Å². The van der Waals surface area contributed by atoms with Gasteiger partial charge in [-0.2, -0.15) is 27.2 Å². The summed E-state index contributed by atoms with van der Waals surface area (Å²) in [6.45, 7) is 0. The number of rotatable bonds is 2. The Hall–Kier alpha value is -2.61. The van der Waals surface area contributed by atoms with Gasteiger partial charge in [-0.1, -0.05) is 0 Å². The molecule has 0 aliphatic carbocycles. The number of hydrogen-bond donors (Lipinski definition) is 0. The van der Waals surface area contributed by atoms with Crippen LogP contribution in [0.4, 0.5) is 30.7 Å². The number of fused-ring (bicyclic) bond motifs is 1. The van der Waals surface area contributed by atoms with Crippen molar-refractivity contribution in [2.24, 2.45) is 0 Å². The number of alkyl halides is 6. The molecule has 0 radical (unpaired) electrons. The van der Waals surface area contributed by atoms with Crippen LogP contribution in [-0.4, -0.2) is 9.46 Å². The Morgan fingerprint density at radius 1 is 1.19 bits per heavy atom. The van der Waals surface area contributed by atoms with E-state index in [1.165, 1.54) is 0 Å². The molecule has 3 rings (SSSR count). The second-order valence-corrected chi connectivity index (χ2v) is 6.92. The zero-order valence-electron chi connectivity index (χ0n) is 12.8. The Balaban J connectivity index is 2.19. The molecule has 0 aromatic heterocycles. The molecule has 0 spiro atoms. The van der Waals surface area contributed by atoms with Crippen LogP contribution in [0.3, 0.4) is 0 Å². The third kappa shape index (κ3) is 3.14. The molecular formula is C16H6F7NO2S. The second kappa shape index (κ2) is 6.23. The molecule has 0 amide bonds. The Labute approximate surface area is 149 Å². The minimum absolute atomic E-state index is 0.223. The maximum atomic E-state index is 14.2. The molecule has 2 atom stereocenters. The monoisotopic (exact) mass is 409 g/mol. The first-order valence-electron chi connectivity index (χ1n) is 7.03. The van der Waals surface area contributed by atoms with Gasteiger partial charge in [0, 0.05) is 6.07 Å². The number of nitrogens with zero attached hydrogens (tertiary/aromatic N) is 1. The lowest BCUT2D eigenvalue weighted by atomic mass is 10.0. The second-order valence-electron chi connectivity index (χ2n) is 5.43. The van der Waals surface area contributed by atoms with Crippen molar-refractivity contribution >= 4 is 10.8 Å². The predicted molar refractivity (Wildman–Crippen MR) is 77.8 cm³/mol. The normalized spacial score (nSPS) is 20.8. The van der Waals surface area contributed by atoms with E-state index in [0.717, 1.165) is 18.2 Å². The number of ether oxygens (including phenoxy) is 1. The Morgan fingerprint density at radius 3 is 2.44 bits per heavy atom. The Morgan fingerprint density at radius 2 is 1.85 bits per heavy atom. The standard InChI is InChI=1S/C16H6F7NO2S/c17-8-3-7(6-24)4-9(5-8)26-11-2-1-10(15(19,20)21)13-12(11)14(18)16(22,23)27(13)25/h1-5,14H/t14-,27+/m1/s1. The molecule has 3 nitrogen and oxygen atoms in total. The van der Waals surface area contributed by atoms with Crippen LogP contribution in [0.2, 0.25) is 0 Å². The van der Waals surface area contributed by atoms with Crippen LogP contribution in [0.5, 0.6) is 11.5 Å². The summed E-state index contributed by atoms with van der Waals surface area (Å²) in [5.41, 5.74) is -3.13. The molecule has 142 valence electrons. The van der Waals surface area contributed by atoms with E-state index in [2.05, 4.69) is 0 Å². The minimum atomic E-state index is -5.16. The molecule has 0 unspecified atom stereocenters. The van der Waals surface area contributed by atoms with Gasteiger partial charge in [-0.25, -0.2) is 13.0 Å². The lowest BCUT2D eigenvalue weighted by Crippen LogP contribution is -2.22. The molecule has 0 saturated carbocycles. The molecule has 27 heavy (non-hydrogen) atoms. The van der Waals surface area contributed by atoms with Crippen molar-refractivity contribution in [2.75, 3.05) is 0 Å². The third-order valence-corrected chi connectivity index (χ3v) is 5.18. The SMILES string of the molecule is N#Cc1cc(F)cc(Oc2ccc(C(F)(F)F)c3c2[C@@H](F)C(F)(F)[S@]3=O)c1. The van der Waals surface area contributed by atoms with Crippen LogP contribution in [0.25, 0.3) is 0 Å². The lowest BCUT2D eigenvalue weighted by molar-refractivity contribution is -0.139. The van der Waals surface area contributed by atoms with Crippen molar-refractivity contribution in [1.29, 1.82) is 5.26 Å². The average molecular weight is 409 g/mol. The number of nitriles is 1. The van der Waals surface area contributed by atoms with Gasteiger partial charge < -0.3 is 4.74 Å². The van der Waals surface area contributed by atoms with Crippen molar-refractivity contribution in [3.05, 3.63) is 52.8 Å². The molecular weight excluding hydrogens is 403 g/mol. The van der Waals surface area contributed by atoms with Crippen molar-refractivity contribution in [3.63, 3.8) is 0 Å². The largest absolute Gasteiger partial charge is 0.457 e. The minimum Gasteiger partial charge on any atom is -0.457 e. The molecule has 0 saturated heterocycles. The summed E-state index contributed by atoms with van der Waals surface area (Å²) in [4.78, 5) is -1.42. The summed E-state index contributed by atoms with van der Waals surface area (Å²) < 4.78 is 111. The topological polar surface area (TPSA) is 50.1 Å². The first-order valence-corrected chi connectivity index (χ1v) is 8.18. The van der Waals surface area contributed by atoms with Crippen LogP contribution >= 0.6 is 0 Å². The molecule has 1 heterocycles. The average Bonchev–Trinajstić information content (AvgIpc) is 2.75. The van der Waals surface area contributed by atoms with E-state index in [0.29, 0.717) is 12.1 Å². The van der Waals surface area contributed by atoms with E-state index in [1.807, 2.05) is 0 Å². The molecule has 0 fully saturated rings. The fourth-order valence-electron chi connectivity index (χ4n) is 2.54. The number of halogens is 7. The van der Waals surface area contributed by atoms with Crippen molar-refractivity contribution in [3.8, 4) is 17.6 Å². The maximum Gasteiger partial charge on any atom is 0.417 e. The van der Waals surface area contributed by atoms with Gasteiger partial charge in [0.25, 0.3) is 0 Å². The van der Waals surface area contributed by atoms with Gasteiger partial charge in [0.2, 0.25) is 6.17 Å². The van der Waals surface area contributed by atoms with Crippen LogP contribution in [0.1, 0.15) is 22.9 Å². The molecule has 11 heteroatoms. The zero-order valence-corrected chi connectivity index (χ0v) is 13.6. The summed E-state index contributed by atoms with van der Waals surface area (Å²) in [7, 11) is -3.61. The first kappa shape index (κ1) is 19.2. The zero-order chi connectivity index (χ0) is 20.1. The third-order valence-electron chi connectivity index (χ3n) is 3.67. The van der Waals surface area contributed by atoms with Crippen LogP contribution in [-0.2, 0) is 17.0 Å². The molecule has 0 bridgehead atoms. The van der Waals surface area contributed by atoms with E-state index in [-0.39, 0.29) is 5.56 Å². The molecule has 0 N–H and O–H groups in total. The van der Waals surface area contributed by atoms with Crippen LogP contribution in [0.15, 0.2) is 35.2 Å². The predicted octanol–water partition coefficient (Wildman–Crippen LogP) is 5.23. The fraction of sp³-hybridized carbons (Fsp3) is 0.188. The number of hydrogen-bond acceptors (Lipinski definition) is 3. The van der Waals surface area contributed by atoms with E-state index in [9.17, 15) is 34.9 Å². The Kier molecular flexibility index (Phi) is 4.42. The fourth-order valence-corrected chi connectivity index (χ4v) is 3.91. The van der Waals surface area contributed by atoms with Gasteiger partial charge in [-0.15, -0.1) is 0 Å². The van der Waals surface area contributed by atoms with Gasteiger partial charge in [0.1, 0.15) is 28.1 Å². The lowest BCUT2D eigenvalue weighted by Gasteiger charge is -2.15. The highest BCUT2D eigenvalue weighted by Crippen LogP contribution is 2.55. The van der Waals surface area contributed by atoms with Crippen LogP contribution < -0.4 is 4.74 Å². The van der Waals surface area contributed by atoms with Crippen molar-refractivity contribution < 1.29 is 39.7 Å². The van der Waals surface area contributed by atoms with Crippen molar-refractivity contribution in [2.45, 2.75) is 22.5 Å². The summed E-state index contributed by atoms with van der Waals surface area (Å²) in [5.74, 6) is -2.16. The molecule has 1 aliphatic heterocycles. The molecule has 2 aromatic carbocycles. The van der Waals surface area contributed by atoms with E-state index in [4.69, 9.17) is 10.00 Å². The summed E-state index contributed by atoms with van der Waals surface area (Å²) in [6.07, 6.45) is -8.49. The molecule has 1 aliphatic rings. The number of benzene rings is 2. The van der Waals surface area contributed by atoms with E-state index in [1.54, 1.807) is 6.07 Å². The maximum absolute atomic E-state index is 14.2. The van der Waals surface area contributed by atoms with Gasteiger partial charge in [-0.05, 0) is 24.3 Å². The summed E-state index contributed by atoms with van der Waals surface area (Å²) in [5, 5.41) is 4.19. The quantitative estimate of drug-likeness (QED) is 0.638. The highest BCUT2D eigenvalue weighted by Gasteiger charge is 2.59. The highest BCUT2D eigenvalue weighted by molar-refractivity contribution is 7.86. The Bertz CT molecular complexity index is 997. The first-order chi connectivity index (χ1) is 12.5. The summed E-state index contributed by atoms with van der Waals surface area (Å²) >= 11 is 0. The van der Waals surface area contributed by atoms with E-state index < -0.39 is 61.7 Å². The van der Waals surface area contributed by atoms with Gasteiger partial charge in [0.05, 0.1) is 27.7 Å². The van der Waals surface area contributed by atoms with Gasteiger partial charge in [-0.3, -0.25) is 0 Å². The summed E-state index contributed by atoms with van der Waals surface area (Å²) in [6, 6.07) is 5.02. The smallest absolute Gasteiger partial charge is 0.417 e. The van der Waals surface area contributed by atoms with Crippen LogP contribution in [0, 0.1) is 17.1 Å². The highest BCUT2D eigenvalue weighted by atomic mass is 32.2. The van der Waals surface area contributed by atoms with E-state index >= 15 is 0 Å². The van der Waals surface area contributed by atoms with Gasteiger partial charge in [0.15, 0.2) is 0 Å². The van der Waals surface area contributed by atoms with Crippen molar-refractivity contribution in [1.82, 2.24) is 0 Å².